The van der Waals surface area contributed by atoms with E-state index in [1.54, 1.807) is 11.3 Å². The maximum atomic E-state index is 12.5. The van der Waals surface area contributed by atoms with Crippen LogP contribution in [0.1, 0.15) is 42.8 Å². The van der Waals surface area contributed by atoms with Crippen LogP contribution < -0.4 is 5.32 Å². The van der Waals surface area contributed by atoms with E-state index >= 15 is 0 Å². The molecule has 1 amide bonds. The van der Waals surface area contributed by atoms with Crippen molar-refractivity contribution in [3.8, 4) is 0 Å². The second-order valence-electron chi connectivity index (χ2n) is 6.00. The molecule has 116 valence electrons. The van der Waals surface area contributed by atoms with Crippen LogP contribution in [0.25, 0.3) is 0 Å². The van der Waals surface area contributed by atoms with Gasteiger partial charge in [-0.3, -0.25) is 4.79 Å². The second kappa shape index (κ2) is 6.42. The highest BCUT2D eigenvalue weighted by atomic mass is 32.1. The highest BCUT2D eigenvalue weighted by Crippen LogP contribution is 2.30. The van der Waals surface area contributed by atoms with Gasteiger partial charge >= 0.3 is 0 Å². The zero-order chi connectivity index (χ0) is 14.8. The van der Waals surface area contributed by atoms with Gasteiger partial charge in [-0.15, -0.1) is 11.3 Å². The number of aromatic nitrogens is 1. The van der Waals surface area contributed by atoms with Gasteiger partial charge in [0, 0.05) is 30.9 Å². The van der Waals surface area contributed by atoms with E-state index in [-0.39, 0.29) is 18.1 Å². The number of carbonyl (C=O) groups excluding carboxylic acids is 1. The lowest BCUT2D eigenvalue weighted by Crippen LogP contribution is -2.47. The van der Waals surface area contributed by atoms with Crippen molar-refractivity contribution in [1.29, 1.82) is 0 Å². The van der Waals surface area contributed by atoms with Crippen molar-refractivity contribution in [2.75, 3.05) is 19.6 Å². The lowest BCUT2D eigenvalue weighted by molar-refractivity contribution is -0.134. The summed E-state index contributed by atoms with van der Waals surface area (Å²) in [6, 6.07) is -0.207. The molecule has 0 spiro atoms. The zero-order valence-corrected chi connectivity index (χ0v) is 13.2. The monoisotopic (exact) mass is 309 g/mol. The van der Waals surface area contributed by atoms with Gasteiger partial charge in [0.25, 0.3) is 0 Å². The molecule has 1 aromatic heterocycles. The number of amides is 1. The molecule has 3 unspecified atom stereocenters. The SMILES string of the molecule is CCc1csc(C2CCCN(C(=O)C3CC(O)CN3)C2)n1. The van der Waals surface area contributed by atoms with E-state index in [0.29, 0.717) is 18.9 Å². The third-order valence-corrected chi connectivity index (χ3v) is 5.48. The Morgan fingerprint density at radius 1 is 1.62 bits per heavy atom. The lowest BCUT2D eigenvalue weighted by atomic mass is 9.98. The molecule has 0 aliphatic carbocycles. The van der Waals surface area contributed by atoms with Crippen molar-refractivity contribution in [1.82, 2.24) is 15.2 Å². The summed E-state index contributed by atoms with van der Waals surface area (Å²) in [5.74, 6) is 0.517. The first kappa shape index (κ1) is 14.9. The molecule has 21 heavy (non-hydrogen) atoms. The van der Waals surface area contributed by atoms with Gasteiger partial charge in [0.15, 0.2) is 0 Å². The molecule has 2 saturated heterocycles. The molecule has 0 bridgehead atoms. The van der Waals surface area contributed by atoms with E-state index in [1.165, 1.54) is 5.01 Å². The highest BCUT2D eigenvalue weighted by Gasteiger charge is 2.34. The van der Waals surface area contributed by atoms with Crippen LogP contribution in [0.3, 0.4) is 0 Å². The van der Waals surface area contributed by atoms with Crippen LogP contribution in [-0.2, 0) is 11.2 Å². The summed E-state index contributed by atoms with van der Waals surface area (Å²) in [5, 5.41) is 16.0. The molecule has 2 aliphatic rings. The number of likely N-dealkylation sites (tertiary alicyclic amines) is 1. The van der Waals surface area contributed by atoms with E-state index in [2.05, 4.69) is 22.6 Å². The number of hydrogen-bond acceptors (Lipinski definition) is 5. The standard InChI is InChI=1S/C15H23N3O2S/c1-2-11-9-21-14(17-11)10-4-3-5-18(8-10)15(20)13-6-12(19)7-16-13/h9-10,12-13,16,19H,2-8H2,1H3. The lowest BCUT2D eigenvalue weighted by Gasteiger charge is -2.33. The first-order valence-electron chi connectivity index (χ1n) is 7.82. The summed E-state index contributed by atoms with van der Waals surface area (Å²) in [5.41, 5.74) is 1.15. The van der Waals surface area contributed by atoms with Gasteiger partial charge in [-0.25, -0.2) is 4.98 Å². The van der Waals surface area contributed by atoms with Crippen LogP contribution in [0.5, 0.6) is 0 Å². The van der Waals surface area contributed by atoms with E-state index in [0.717, 1.165) is 38.0 Å². The molecule has 6 heteroatoms. The third-order valence-electron chi connectivity index (χ3n) is 4.42. The number of nitrogens with one attached hydrogen (secondary N) is 1. The Morgan fingerprint density at radius 2 is 2.48 bits per heavy atom. The molecule has 0 aromatic carbocycles. The predicted octanol–water partition coefficient (Wildman–Crippen LogP) is 1.13. The normalized spacial score (nSPS) is 29.8. The molecule has 3 atom stereocenters. The Labute approximate surface area is 129 Å². The fourth-order valence-corrected chi connectivity index (χ4v) is 4.21. The number of aliphatic hydroxyl groups excluding tert-OH is 1. The fraction of sp³-hybridized carbons (Fsp3) is 0.733. The summed E-state index contributed by atoms with van der Waals surface area (Å²) in [7, 11) is 0. The highest BCUT2D eigenvalue weighted by molar-refractivity contribution is 7.09. The van der Waals surface area contributed by atoms with Gasteiger partial charge in [-0.2, -0.15) is 0 Å². The Balaban J connectivity index is 1.64. The van der Waals surface area contributed by atoms with Crippen molar-refractivity contribution in [3.05, 3.63) is 16.1 Å². The summed E-state index contributed by atoms with van der Waals surface area (Å²) in [6.45, 7) is 4.24. The van der Waals surface area contributed by atoms with Crippen molar-refractivity contribution < 1.29 is 9.90 Å². The Morgan fingerprint density at radius 3 is 3.14 bits per heavy atom. The fourth-order valence-electron chi connectivity index (χ4n) is 3.18. The molecular weight excluding hydrogens is 286 g/mol. The summed E-state index contributed by atoms with van der Waals surface area (Å²) < 4.78 is 0. The number of aryl methyl sites for hydroxylation is 1. The first-order valence-corrected chi connectivity index (χ1v) is 8.70. The number of hydrogen-bond donors (Lipinski definition) is 2. The molecule has 3 rings (SSSR count). The molecule has 0 saturated carbocycles. The largest absolute Gasteiger partial charge is 0.392 e. The number of aliphatic hydroxyl groups is 1. The minimum absolute atomic E-state index is 0.142. The molecule has 2 N–H and O–H groups in total. The first-order chi connectivity index (χ1) is 10.2. The van der Waals surface area contributed by atoms with Crippen LogP contribution in [-0.4, -0.2) is 52.7 Å². The summed E-state index contributed by atoms with van der Waals surface area (Å²) in [4.78, 5) is 19.2. The molecule has 0 radical (unpaired) electrons. The number of rotatable bonds is 3. The van der Waals surface area contributed by atoms with Crippen LogP contribution in [0.2, 0.25) is 0 Å². The van der Waals surface area contributed by atoms with Crippen LogP contribution in [0.15, 0.2) is 5.38 Å². The van der Waals surface area contributed by atoms with E-state index in [4.69, 9.17) is 0 Å². The maximum Gasteiger partial charge on any atom is 0.239 e. The van der Waals surface area contributed by atoms with Crippen molar-refractivity contribution in [3.63, 3.8) is 0 Å². The Hall–Kier alpha value is -0.980. The van der Waals surface area contributed by atoms with Gasteiger partial charge < -0.3 is 15.3 Å². The van der Waals surface area contributed by atoms with Gasteiger partial charge in [0.2, 0.25) is 5.91 Å². The van der Waals surface area contributed by atoms with E-state index < -0.39 is 0 Å². The maximum absolute atomic E-state index is 12.5. The average molecular weight is 309 g/mol. The molecule has 2 aliphatic heterocycles. The van der Waals surface area contributed by atoms with Crippen molar-refractivity contribution >= 4 is 17.2 Å². The number of nitrogens with zero attached hydrogens (tertiary/aromatic N) is 2. The molecule has 5 nitrogen and oxygen atoms in total. The van der Waals surface area contributed by atoms with Crippen molar-refractivity contribution in [2.45, 2.75) is 50.7 Å². The van der Waals surface area contributed by atoms with E-state index in [9.17, 15) is 9.90 Å². The molecule has 3 heterocycles. The molecule has 1 aromatic rings. The second-order valence-corrected chi connectivity index (χ2v) is 6.89. The minimum atomic E-state index is -0.384. The van der Waals surface area contributed by atoms with Crippen molar-refractivity contribution in [2.24, 2.45) is 0 Å². The van der Waals surface area contributed by atoms with Gasteiger partial charge in [0.1, 0.15) is 0 Å². The summed E-state index contributed by atoms with van der Waals surface area (Å²) >= 11 is 1.72. The number of β-amino-alcohol motifs (C(OH)–C–C–N with tert-alkyl or cyclic N) is 1. The number of carbonyl (C=O) groups is 1. The molecule has 2 fully saturated rings. The smallest absolute Gasteiger partial charge is 0.239 e. The molecular formula is C15H23N3O2S. The quantitative estimate of drug-likeness (QED) is 0.878. The van der Waals surface area contributed by atoms with Crippen LogP contribution in [0, 0.1) is 0 Å². The Kier molecular flexibility index (Phi) is 4.57. The minimum Gasteiger partial charge on any atom is -0.392 e. The van der Waals surface area contributed by atoms with Crippen LogP contribution in [0.4, 0.5) is 0 Å². The van der Waals surface area contributed by atoms with Gasteiger partial charge in [-0.1, -0.05) is 6.92 Å². The van der Waals surface area contributed by atoms with Gasteiger partial charge in [-0.05, 0) is 25.7 Å². The average Bonchev–Trinajstić information content (AvgIpc) is 3.15. The van der Waals surface area contributed by atoms with Crippen LogP contribution >= 0.6 is 11.3 Å². The zero-order valence-electron chi connectivity index (χ0n) is 12.4. The topological polar surface area (TPSA) is 65.5 Å². The summed E-state index contributed by atoms with van der Waals surface area (Å²) in [6.07, 6.45) is 3.27. The Bertz CT molecular complexity index is 505. The number of thiazole rings is 1. The predicted molar refractivity (Wildman–Crippen MR) is 82.5 cm³/mol. The van der Waals surface area contributed by atoms with Gasteiger partial charge in [0.05, 0.1) is 22.8 Å². The third kappa shape index (κ3) is 3.27. The number of piperidine rings is 1. The van der Waals surface area contributed by atoms with E-state index in [1.807, 2.05) is 4.90 Å².